The van der Waals surface area contributed by atoms with Gasteiger partial charge in [0.15, 0.2) is 0 Å². The van der Waals surface area contributed by atoms with Gasteiger partial charge in [-0.15, -0.1) is 0 Å². The number of fused-ring (bicyclic) bond motifs is 1. The molecule has 8 heteroatoms. The number of aromatic hydroxyl groups is 1. The molecule has 0 atom stereocenters. The van der Waals surface area contributed by atoms with E-state index in [1.807, 2.05) is 11.6 Å². The minimum atomic E-state index is -0.396. The number of nitrogens with zero attached hydrogens (tertiary/aromatic N) is 2. The summed E-state index contributed by atoms with van der Waals surface area (Å²) in [5, 5.41) is 17.2. The fourth-order valence-corrected chi connectivity index (χ4v) is 4.61. The van der Waals surface area contributed by atoms with Crippen molar-refractivity contribution in [3.8, 4) is 5.75 Å². The molecule has 0 bridgehead atoms. The van der Waals surface area contributed by atoms with E-state index in [2.05, 4.69) is 5.32 Å². The van der Waals surface area contributed by atoms with Crippen LogP contribution in [0.1, 0.15) is 64.7 Å². The largest absolute Gasteiger partial charge is 0.508 e. The maximum atomic E-state index is 12.9. The Balaban J connectivity index is 1.38. The zero-order valence-electron chi connectivity index (χ0n) is 18.6. The van der Waals surface area contributed by atoms with Gasteiger partial charge >= 0.3 is 5.97 Å². The molecule has 3 heterocycles. The maximum Gasteiger partial charge on any atom is 0.338 e. The van der Waals surface area contributed by atoms with Gasteiger partial charge in [-0.2, -0.15) is 5.10 Å². The Labute approximate surface area is 187 Å². The van der Waals surface area contributed by atoms with E-state index >= 15 is 0 Å². The first kappa shape index (κ1) is 22.3. The van der Waals surface area contributed by atoms with Crippen LogP contribution < -0.4 is 5.32 Å². The molecule has 0 unspecified atom stereocenters. The fraction of sp³-hybridized carbons (Fsp3) is 0.542. The molecule has 1 fully saturated rings. The lowest BCUT2D eigenvalue weighted by molar-refractivity contribution is 0.0160. The van der Waals surface area contributed by atoms with Crippen molar-refractivity contribution in [2.45, 2.75) is 52.0 Å². The van der Waals surface area contributed by atoms with Crippen molar-refractivity contribution in [1.82, 2.24) is 15.1 Å². The maximum absolute atomic E-state index is 12.9. The van der Waals surface area contributed by atoms with Gasteiger partial charge < -0.3 is 19.9 Å². The van der Waals surface area contributed by atoms with Crippen LogP contribution in [0.3, 0.4) is 0 Å². The standard InChI is InChI=1S/C24H31N3O5/c1-2-27-21-19(15-24(16-25-22(21)29)10-13-31-14-11-24)20(26-27)5-3-4-12-32-23(30)17-6-8-18(28)9-7-17/h6-9,28H,2-5,10-16H2,1H3,(H,25,29). The summed E-state index contributed by atoms with van der Waals surface area (Å²) in [6.07, 6.45) is 4.99. The summed E-state index contributed by atoms with van der Waals surface area (Å²) in [6.45, 7) is 5.11. The monoisotopic (exact) mass is 441 g/mol. The van der Waals surface area contributed by atoms with E-state index in [0.29, 0.717) is 37.4 Å². The molecule has 172 valence electrons. The van der Waals surface area contributed by atoms with E-state index in [1.165, 1.54) is 12.1 Å². The van der Waals surface area contributed by atoms with Gasteiger partial charge in [0.1, 0.15) is 11.4 Å². The summed E-state index contributed by atoms with van der Waals surface area (Å²) in [5.74, 6) is -0.317. The van der Waals surface area contributed by atoms with Gasteiger partial charge in [-0.1, -0.05) is 0 Å². The van der Waals surface area contributed by atoms with E-state index in [-0.39, 0.29) is 17.1 Å². The molecular weight excluding hydrogens is 410 g/mol. The molecule has 2 N–H and O–H groups in total. The van der Waals surface area contributed by atoms with Crippen LogP contribution in [0.5, 0.6) is 5.75 Å². The fourth-order valence-electron chi connectivity index (χ4n) is 4.61. The molecular formula is C24H31N3O5. The van der Waals surface area contributed by atoms with E-state index in [4.69, 9.17) is 14.6 Å². The molecule has 1 spiro atoms. The third kappa shape index (κ3) is 4.80. The molecule has 0 aliphatic carbocycles. The van der Waals surface area contributed by atoms with E-state index < -0.39 is 5.97 Å². The second-order valence-corrected chi connectivity index (χ2v) is 8.70. The number of rotatable bonds is 7. The number of esters is 1. The number of benzene rings is 1. The van der Waals surface area contributed by atoms with Gasteiger partial charge in [0, 0.05) is 31.9 Å². The molecule has 1 saturated heterocycles. The SMILES string of the molecule is CCn1nc(CCCCOC(=O)c2ccc(O)cc2)c2c1C(=O)NCC1(CCOCC1)C2. The lowest BCUT2D eigenvalue weighted by Gasteiger charge is -2.36. The van der Waals surface area contributed by atoms with Crippen molar-refractivity contribution >= 4 is 11.9 Å². The number of unbranched alkanes of at least 4 members (excludes halogenated alkanes) is 1. The average molecular weight is 442 g/mol. The van der Waals surface area contributed by atoms with Gasteiger partial charge in [-0.25, -0.2) is 4.79 Å². The van der Waals surface area contributed by atoms with Gasteiger partial charge in [-0.05, 0) is 75.1 Å². The summed E-state index contributed by atoms with van der Waals surface area (Å²) in [4.78, 5) is 24.9. The molecule has 0 saturated carbocycles. The van der Waals surface area contributed by atoms with Crippen LogP contribution >= 0.6 is 0 Å². The molecule has 1 aromatic heterocycles. The van der Waals surface area contributed by atoms with Crippen molar-refractivity contribution in [2.75, 3.05) is 26.4 Å². The Hall–Kier alpha value is -2.87. The van der Waals surface area contributed by atoms with Gasteiger partial charge in [0.25, 0.3) is 5.91 Å². The third-order valence-electron chi connectivity index (χ3n) is 6.52. The molecule has 2 aliphatic rings. The highest BCUT2D eigenvalue weighted by atomic mass is 16.5. The Morgan fingerprint density at radius 2 is 2.00 bits per heavy atom. The number of aryl methyl sites for hydroxylation is 2. The number of phenolic OH excluding ortho intramolecular Hbond substituents is 1. The van der Waals surface area contributed by atoms with E-state index in [9.17, 15) is 14.7 Å². The lowest BCUT2D eigenvalue weighted by atomic mass is 9.75. The predicted octanol–water partition coefficient (Wildman–Crippen LogP) is 2.87. The first-order valence-electron chi connectivity index (χ1n) is 11.4. The number of carbonyl (C=O) groups is 2. The highest BCUT2D eigenvalue weighted by Gasteiger charge is 2.39. The Kier molecular flexibility index (Phi) is 6.79. The summed E-state index contributed by atoms with van der Waals surface area (Å²) in [6, 6.07) is 6.02. The molecule has 8 nitrogen and oxygen atoms in total. The first-order valence-corrected chi connectivity index (χ1v) is 11.4. The number of hydrogen-bond donors (Lipinski definition) is 2. The smallest absolute Gasteiger partial charge is 0.338 e. The predicted molar refractivity (Wildman–Crippen MR) is 118 cm³/mol. The van der Waals surface area contributed by atoms with Crippen LogP contribution in [-0.4, -0.2) is 53.1 Å². The van der Waals surface area contributed by atoms with Crippen LogP contribution in [0.2, 0.25) is 0 Å². The van der Waals surface area contributed by atoms with Crippen molar-refractivity contribution in [3.05, 3.63) is 46.8 Å². The third-order valence-corrected chi connectivity index (χ3v) is 6.52. The van der Waals surface area contributed by atoms with E-state index in [1.54, 1.807) is 12.1 Å². The minimum Gasteiger partial charge on any atom is -0.508 e. The van der Waals surface area contributed by atoms with Crippen LogP contribution in [-0.2, 0) is 28.9 Å². The molecule has 1 aromatic carbocycles. The van der Waals surface area contributed by atoms with Crippen molar-refractivity contribution in [3.63, 3.8) is 0 Å². The zero-order valence-corrected chi connectivity index (χ0v) is 18.6. The second kappa shape index (κ2) is 9.73. The number of phenols is 1. The highest BCUT2D eigenvalue weighted by Crippen LogP contribution is 2.37. The average Bonchev–Trinajstić information content (AvgIpc) is 3.08. The Bertz CT molecular complexity index is 961. The number of amides is 1. The zero-order chi connectivity index (χ0) is 22.6. The van der Waals surface area contributed by atoms with E-state index in [0.717, 1.165) is 56.6 Å². The number of aromatic nitrogens is 2. The van der Waals surface area contributed by atoms with Gasteiger partial charge in [0.05, 0.1) is 17.9 Å². The topological polar surface area (TPSA) is 103 Å². The van der Waals surface area contributed by atoms with Crippen LogP contribution in [0.4, 0.5) is 0 Å². The van der Waals surface area contributed by atoms with Gasteiger partial charge in [0.2, 0.25) is 0 Å². The second-order valence-electron chi connectivity index (χ2n) is 8.70. The lowest BCUT2D eigenvalue weighted by Crippen LogP contribution is -2.40. The minimum absolute atomic E-state index is 0.0354. The van der Waals surface area contributed by atoms with Crippen molar-refractivity contribution in [1.29, 1.82) is 0 Å². The summed E-state index contributed by atoms with van der Waals surface area (Å²) in [5.41, 5.74) is 3.21. The molecule has 2 aliphatic heterocycles. The Morgan fingerprint density at radius 1 is 1.25 bits per heavy atom. The molecule has 1 amide bonds. The van der Waals surface area contributed by atoms with Crippen LogP contribution in [0.15, 0.2) is 24.3 Å². The number of nitrogens with one attached hydrogen (secondary N) is 1. The first-order chi connectivity index (χ1) is 15.5. The quantitative estimate of drug-likeness (QED) is 0.506. The van der Waals surface area contributed by atoms with Crippen molar-refractivity contribution < 1.29 is 24.2 Å². The summed E-state index contributed by atoms with van der Waals surface area (Å²) >= 11 is 0. The molecule has 32 heavy (non-hydrogen) atoms. The number of ether oxygens (including phenoxy) is 2. The molecule has 4 rings (SSSR count). The highest BCUT2D eigenvalue weighted by molar-refractivity contribution is 5.94. The van der Waals surface area contributed by atoms with Crippen molar-refractivity contribution in [2.24, 2.45) is 5.41 Å². The van der Waals surface area contributed by atoms with Gasteiger partial charge in [-0.3, -0.25) is 9.48 Å². The molecule has 0 radical (unpaired) electrons. The summed E-state index contributed by atoms with van der Waals surface area (Å²) < 4.78 is 12.7. The van der Waals surface area contributed by atoms with Crippen LogP contribution in [0, 0.1) is 5.41 Å². The number of carbonyl (C=O) groups excluding carboxylic acids is 2. The molecule has 2 aromatic rings. The number of hydrogen-bond acceptors (Lipinski definition) is 6. The normalized spacial score (nSPS) is 17.5. The van der Waals surface area contributed by atoms with Crippen LogP contribution in [0.25, 0.3) is 0 Å². The summed E-state index contributed by atoms with van der Waals surface area (Å²) in [7, 11) is 0. The Morgan fingerprint density at radius 3 is 2.72 bits per heavy atom.